The molecule has 1 amide bonds. The fraction of sp³-hybridized carbons (Fsp3) is 0.292. The van der Waals surface area contributed by atoms with Gasteiger partial charge in [-0.05, 0) is 53.8 Å². The van der Waals surface area contributed by atoms with E-state index < -0.39 is 0 Å². The predicted molar refractivity (Wildman–Crippen MR) is 121 cm³/mol. The van der Waals surface area contributed by atoms with E-state index in [-0.39, 0.29) is 24.3 Å². The minimum atomic E-state index is -0.259. The largest absolute Gasteiger partial charge is 0.484 e. The maximum atomic E-state index is 12.7. The third-order valence-electron chi connectivity index (χ3n) is 4.87. The number of nitrogens with one attached hydrogen (secondary N) is 1. The number of halogens is 2. The maximum Gasteiger partial charge on any atom is 0.287 e. The van der Waals surface area contributed by atoms with Gasteiger partial charge in [-0.25, -0.2) is 0 Å². The second kappa shape index (κ2) is 10.1. The average molecular weight is 446 g/mol. The van der Waals surface area contributed by atoms with Gasteiger partial charge in [0.2, 0.25) is 0 Å². The molecule has 0 aliphatic carbocycles. The van der Waals surface area contributed by atoms with Crippen LogP contribution in [0, 0.1) is 0 Å². The summed E-state index contributed by atoms with van der Waals surface area (Å²) in [5.41, 5.74) is 2.35. The summed E-state index contributed by atoms with van der Waals surface area (Å²) in [5.74, 6) is 1.48. The van der Waals surface area contributed by atoms with Crippen molar-refractivity contribution < 1.29 is 13.9 Å². The summed E-state index contributed by atoms with van der Waals surface area (Å²) < 4.78 is 11.3. The molecular weight excluding hydrogens is 421 g/mol. The predicted octanol–water partition coefficient (Wildman–Crippen LogP) is 7.17. The van der Waals surface area contributed by atoms with Crippen LogP contribution < -0.4 is 10.1 Å². The Morgan fingerprint density at radius 2 is 1.73 bits per heavy atom. The molecule has 0 saturated heterocycles. The van der Waals surface area contributed by atoms with Crippen LogP contribution in [0.1, 0.15) is 66.6 Å². The molecule has 1 N–H and O–H groups in total. The van der Waals surface area contributed by atoms with Crippen molar-refractivity contribution in [1.82, 2.24) is 5.32 Å². The minimum Gasteiger partial charge on any atom is -0.484 e. The Labute approximate surface area is 187 Å². The monoisotopic (exact) mass is 445 g/mol. The van der Waals surface area contributed by atoms with Gasteiger partial charge in [0, 0.05) is 5.02 Å². The third kappa shape index (κ3) is 5.59. The standard InChI is InChI=1S/C24H25Cl2NO3/c1-4-21(17-7-5-16(6-8-17)15(2)3)27-24(28)23-12-10-19(30-23)14-29-22-11-9-18(25)13-20(22)26/h5-13,15,21H,4,14H2,1-3H3,(H,27,28). The van der Waals surface area contributed by atoms with Crippen LogP contribution >= 0.6 is 23.2 Å². The SMILES string of the molecule is CCC(NC(=O)c1ccc(COc2ccc(Cl)cc2Cl)o1)c1ccc(C(C)C)cc1. The molecule has 0 bridgehead atoms. The van der Waals surface area contributed by atoms with Crippen LogP contribution in [0.3, 0.4) is 0 Å². The number of hydrogen-bond donors (Lipinski definition) is 1. The fourth-order valence-electron chi connectivity index (χ4n) is 3.08. The second-order valence-electron chi connectivity index (χ2n) is 7.39. The second-order valence-corrected chi connectivity index (χ2v) is 8.23. The minimum absolute atomic E-state index is 0.0867. The zero-order valence-corrected chi connectivity index (χ0v) is 18.8. The summed E-state index contributed by atoms with van der Waals surface area (Å²) in [5, 5.41) is 3.99. The molecule has 0 spiro atoms. The highest BCUT2D eigenvalue weighted by atomic mass is 35.5. The van der Waals surface area contributed by atoms with Gasteiger partial charge in [-0.15, -0.1) is 0 Å². The van der Waals surface area contributed by atoms with Gasteiger partial charge in [0.05, 0.1) is 11.1 Å². The fourth-order valence-corrected chi connectivity index (χ4v) is 3.55. The van der Waals surface area contributed by atoms with E-state index in [0.29, 0.717) is 27.5 Å². The van der Waals surface area contributed by atoms with E-state index in [0.717, 1.165) is 12.0 Å². The summed E-state index contributed by atoms with van der Waals surface area (Å²) in [6.45, 7) is 6.52. The van der Waals surface area contributed by atoms with Gasteiger partial charge in [-0.2, -0.15) is 0 Å². The van der Waals surface area contributed by atoms with Gasteiger partial charge in [-0.3, -0.25) is 4.79 Å². The molecular formula is C24H25Cl2NO3. The van der Waals surface area contributed by atoms with Crippen molar-refractivity contribution in [1.29, 1.82) is 0 Å². The van der Waals surface area contributed by atoms with Crippen LogP contribution in [-0.4, -0.2) is 5.91 Å². The summed E-state index contributed by atoms with van der Waals surface area (Å²) in [6.07, 6.45) is 0.776. The van der Waals surface area contributed by atoms with E-state index in [1.807, 2.05) is 6.92 Å². The number of furan rings is 1. The molecule has 0 aliphatic heterocycles. The van der Waals surface area contributed by atoms with E-state index >= 15 is 0 Å². The van der Waals surface area contributed by atoms with Gasteiger partial charge < -0.3 is 14.5 Å². The first-order valence-electron chi connectivity index (χ1n) is 9.94. The average Bonchev–Trinajstić information content (AvgIpc) is 3.20. The molecule has 3 aromatic rings. The molecule has 1 atom stereocenters. The van der Waals surface area contributed by atoms with Crippen molar-refractivity contribution in [3.8, 4) is 5.75 Å². The molecule has 158 valence electrons. The van der Waals surface area contributed by atoms with Crippen molar-refractivity contribution in [2.45, 2.75) is 45.8 Å². The Balaban J connectivity index is 1.61. The first-order valence-corrected chi connectivity index (χ1v) is 10.7. The van der Waals surface area contributed by atoms with Crippen LogP contribution in [0.4, 0.5) is 0 Å². The normalized spacial score (nSPS) is 12.1. The Bertz CT molecular complexity index is 996. The van der Waals surface area contributed by atoms with E-state index in [4.69, 9.17) is 32.4 Å². The quantitative estimate of drug-likeness (QED) is 0.399. The van der Waals surface area contributed by atoms with Crippen LogP contribution in [0.15, 0.2) is 59.0 Å². The van der Waals surface area contributed by atoms with E-state index in [9.17, 15) is 4.79 Å². The topological polar surface area (TPSA) is 51.5 Å². The lowest BCUT2D eigenvalue weighted by Gasteiger charge is -2.17. The molecule has 0 aliphatic rings. The molecule has 2 aromatic carbocycles. The van der Waals surface area contributed by atoms with Crippen molar-refractivity contribution in [3.05, 3.63) is 87.3 Å². The van der Waals surface area contributed by atoms with E-state index in [1.54, 1.807) is 30.3 Å². The van der Waals surface area contributed by atoms with E-state index in [1.165, 1.54) is 5.56 Å². The smallest absolute Gasteiger partial charge is 0.287 e. The molecule has 1 aromatic heterocycles. The number of carbonyl (C=O) groups excluding carboxylic acids is 1. The highest BCUT2D eigenvalue weighted by Crippen LogP contribution is 2.28. The molecule has 30 heavy (non-hydrogen) atoms. The first-order chi connectivity index (χ1) is 14.4. The Morgan fingerprint density at radius 3 is 2.37 bits per heavy atom. The lowest BCUT2D eigenvalue weighted by atomic mass is 9.98. The van der Waals surface area contributed by atoms with Crippen molar-refractivity contribution in [3.63, 3.8) is 0 Å². The van der Waals surface area contributed by atoms with Gasteiger partial charge >= 0.3 is 0 Å². The highest BCUT2D eigenvalue weighted by molar-refractivity contribution is 6.35. The summed E-state index contributed by atoms with van der Waals surface area (Å²) in [7, 11) is 0. The lowest BCUT2D eigenvalue weighted by molar-refractivity contribution is 0.0903. The molecule has 1 unspecified atom stereocenters. The number of rotatable bonds is 8. The molecule has 3 rings (SSSR count). The van der Waals surface area contributed by atoms with Crippen LogP contribution in [-0.2, 0) is 6.61 Å². The van der Waals surface area contributed by atoms with Gasteiger partial charge in [-0.1, -0.05) is 68.2 Å². The zero-order valence-electron chi connectivity index (χ0n) is 17.2. The van der Waals surface area contributed by atoms with Gasteiger partial charge in [0.25, 0.3) is 5.91 Å². The van der Waals surface area contributed by atoms with Crippen LogP contribution in [0.5, 0.6) is 5.75 Å². The zero-order chi connectivity index (χ0) is 21.7. The third-order valence-corrected chi connectivity index (χ3v) is 5.40. The summed E-state index contributed by atoms with van der Waals surface area (Å²) in [4.78, 5) is 12.7. The van der Waals surface area contributed by atoms with Crippen molar-refractivity contribution in [2.24, 2.45) is 0 Å². The molecule has 0 fully saturated rings. The highest BCUT2D eigenvalue weighted by Gasteiger charge is 2.17. The number of ether oxygens (including phenoxy) is 1. The number of carbonyl (C=O) groups is 1. The van der Waals surface area contributed by atoms with E-state index in [2.05, 4.69) is 43.4 Å². The maximum absolute atomic E-state index is 12.7. The Morgan fingerprint density at radius 1 is 1.03 bits per heavy atom. The molecule has 1 heterocycles. The number of benzene rings is 2. The molecule has 0 radical (unpaired) electrons. The van der Waals surface area contributed by atoms with Crippen LogP contribution in [0.2, 0.25) is 10.0 Å². The Hall–Kier alpha value is -2.43. The van der Waals surface area contributed by atoms with Crippen molar-refractivity contribution in [2.75, 3.05) is 0 Å². The number of hydrogen-bond acceptors (Lipinski definition) is 3. The summed E-state index contributed by atoms with van der Waals surface area (Å²) >= 11 is 12.0. The van der Waals surface area contributed by atoms with Crippen molar-refractivity contribution >= 4 is 29.1 Å². The Kier molecular flexibility index (Phi) is 7.46. The van der Waals surface area contributed by atoms with Gasteiger partial charge in [0.15, 0.2) is 5.76 Å². The molecule has 6 heteroatoms. The van der Waals surface area contributed by atoms with Crippen LogP contribution in [0.25, 0.3) is 0 Å². The lowest BCUT2D eigenvalue weighted by Crippen LogP contribution is -2.27. The molecule has 0 saturated carbocycles. The summed E-state index contributed by atoms with van der Waals surface area (Å²) in [6, 6.07) is 16.6. The van der Waals surface area contributed by atoms with Gasteiger partial charge in [0.1, 0.15) is 18.1 Å². The number of amides is 1. The molecule has 4 nitrogen and oxygen atoms in total. The first kappa shape index (κ1) is 22.3.